The van der Waals surface area contributed by atoms with Crippen LogP contribution in [0.5, 0.6) is 11.6 Å². The van der Waals surface area contributed by atoms with E-state index in [2.05, 4.69) is 20.9 Å². The lowest BCUT2D eigenvalue weighted by Gasteiger charge is -2.08. The highest BCUT2D eigenvalue weighted by molar-refractivity contribution is 9.10. The number of aromatic nitrogens is 1. The van der Waals surface area contributed by atoms with E-state index >= 15 is 0 Å². The topological polar surface area (TPSA) is 48.1 Å². The standard InChI is InChI=1S/C12H10BrClN2O/c1-7-9(13)3-5-12(16-7)17-11-4-2-8(14)6-10(11)15/h2-6H,15H2,1H3. The van der Waals surface area contributed by atoms with Gasteiger partial charge in [-0.15, -0.1) is 0 Å². The number of hydrogen-bond donors (Lipinski definition) is 1. The molecule has 1 aromatic heterocycles. The summed E-state index contributed by atoms with van der Waals surface area (Å²) < 4.78 is 6.52. The summed E-state index contributed by atoms with van der Waals surface area (Å²) in [5.41, 5.74) is 7.13. The van der Waals surface area contributed by atoms with Gasteiger partial charge < -0.3 is 10.5 Å². The normalized spacial score (nSPS) is 10.3. The monoisotopic (exact) mass is 312 g/mol. The van der Waals surface area contributed by atoms with Crippen LogP contribution < -0.4 is 10.5 Å². The summed E-state index contributed by atoms with van der Waals surface area (Å²) in [7, 11) is 0. The average Bonchev–Trinajstić information content (AvgIpc) is 2.27. The summed E-state index contributed by atoms with van der Waals surface area (Å²) >= 11 is 9.19. The summed E-state index contributed by atoms with van der Waals surface area (Å²) in [5.74, 6) is 1.04. The number of benzene rings is 1. The number of nitrogens with two attached hydrogens (primary N) is 1. The molecule has 2 aromatic rings. The molecular weight excluding hydrogens is 304 g/mol. The zero-order valence-electron chi connectivity index (χ0n) is 9.08. The Morgan fingerprint density at radius 3 is 2.71 bits per heavy atom. The maximum atomic E-state index is 5.81. The second kappa shape index (κ2) is 4.94. The maximum absolute atomic E-state index is 5.81. The van der Waals surface area contributed by atoms with Crippen LogP contribution in [0.25, 0.3) is 0 Å². The highest BCUT2D eigenvalue weighted by Crippen LogP contribution is 2.29. The van der Waals surface area contributed by atoms with E-state index in [0.29, 0.717) is 22.3 Å². The number of hydrogen-bond acceptors (Lipinski definition) is 3. The Balaban J connectivity index is 2.28. The van der Waals surface area contributed by atoms with Crippen molar-refractivity contribution in [2.75, 3.05) is 5.73 Å². The number of nitrogen functional groups attached to an aromatic ring is 1. The fraction of sp³-hybridized carbons (Fsp3) is 0.0833. The van der Waals surface area contributed by atoms with Crippen LogP contribution in [0.3, 0.4) is 0 Å². The first kappa shape index (κ1) is 12.2. The molecule has 0 atom stereocenters. The molecule has 2 rings (SSSR count). The number of pyridine rings is 1. The van der Waals surface area contributed by atoms with Gasteiger partial charge in [0.1, 0.15) is 0 Å². The van der Waals surface area contributed by atoms with Crippen molar-refractivity contribution < 1.29 is 4.74 Å². The van der Waals surface area contributed by atoms with E-state index in [1.54, 1.807) is 24.3 Å². The zero-order valence-corrected chi connectivity index (χ0v) is 11.4. The van der Waals surface area contributed by atoms with Crippen molar-refractivity contribution in [3.05, 3.63) is 45.5 Å². The molecule has 88 valence electrons. The third kappa shape index (κ3) is 2.90. The number of aryl methyl sites for hydroxylation is 1. The number of ether oxygens (including phenoxy) is 1. The Hall–Kier alpha value is -1.26. The van der Waals surface area contributed by atoms with Crippen molar-refractivity contribution in [2.24, 2.45) is 0 Å². The quantitative estimate of drug-likeness (QED) is 0.846. The second-order valence-electron chi connectivity index (χ2n) is 3.50. The van der Waals surface area contributed by atoms with E-state index in [1.165, 1.54) is 0 Å². The van der Waals surface area contributed by atoms with Gasteiger partial charge in [0.25, 0.3) is 0 Å². The third-order valence-corrected chi connectivity index (χ3v) is 3.26. The van der Waals surface area contributed by atoms with Gasteiger partial charge >= 0.3 is 0 Å². The predicted octanol–water partition coefficient (Wildman–Crippen LogP) is 4.18. The molecule has 17 heavy (non-hydrogen) atoms. The lowest BCUT2D eigenvalue weighted by Crippen LogP contribution is -1.94. The van der Waals surface area contributed by atoms with E-state index in [0.717, 1.165) is 10.2 Å². The van der Waals surface area contributed by atoms with Crippen LogP contribution in [0.15, 0.2) is 34.8 Å². The molecule has 1 heterocycles. The molecule has 0 unspecified atom stereocenters. The van der Waals surface area contributed by atoms with Gasteiger partial charge in [0, 0.05) is 15.6 Å². The number of anilines is 1. The Labute approximate surface area is 113 Å². The third-order valence-electron chi connectivity index (χ3n) is 2.18. The number of nitrogens with zero attached hydrogens (tertiary/aromatic N) is 1. The van der Waals surface area contributed by atoms with Gasteiger partial charge in [0.2, 0.25) is 5.88 Å². The Morgan fingerprint density at radius 1 is 1.29 bits per heavy atom. The van der Waals surface area contributed by atoms with Crippen LogP contribution in [-0.4, -0.2) is 4.98 Å². The van der Waals surface area contributed by atoms with Crippen molar-refractivity contribution in [2.45, 2.75) is 6.92 Å². The first-order valence-corrected chi connectivity index (χ1v) is 6.09. The van der Waals surface area contributed by atoms with Crippen molar-refractivity contribution in [1.82, 2.24) is 4.98 Å². The Bertz CT molecular complexity index is 560. The minimum absolute atomic E-state index is 0.486. The molecule has 0 saturated heterocycles. The SMILES string of the molecule is Cc1nc(Oc2ccc(Cl)cc2N)ccc1Br. The molecule has 3 nitrogen and oxygen atoms in total. The molecule has 5 heteroatoms. The second-order valence-corrected chi connectivity index (χ2v) is 4.79. The molecule has 1 aromatic carbocycles. The molecule has 0 radical (unpaired) electrons. The zero-order chi connectivity index (χ0) is 12.4. The molecule has 0 aliphatic rings. The molecule has 0 saturated carbocycles. The van der Waals surface area contributed by atoms with Gasteiger partial charge in [0.15, 0.2) is 5.75 Å². The van der Waals surface area contributed by atoms with Crippen LogP contribution in [-0.2, 0) is 0 Å². The van der Waals surface area contributed by atoms with Gasteiger partial charge in [-0.1, -0.05) is 11.6 Å². The Kier molecular flexibility index (Phi) is 3.54. The molecule has 0 amide bonds. The summed E-state index contributed by atoms with van der Waals surface area (Å²) in [6.07, 6.45) is 0. The van der Waals surface area contributed by atoms with Gasteiger partial charge in [-0.2, -0.15) is 0 Å². The van der Waals surface area contributed by atoms with Gasteiger partial charge in [-0.05, 0) is 47.1 Å². The maximum Gasteiger partial charge on any atom is 0.219 e. The first-order valence-electron chi connectivity index (χ1n) is 4.92. The first-order chi connectivity index (χ1) is 8.06. The van der Waals surface area contributed by atoms with Crippen LogP contribution >= 0.6 is 27.5 Å². The highest BCUT2D eigenvalue weighted by atomic mass is 79.9. The van der Waals surface area contributed by atoms with Crippen molar-refractivity contribution in [3.8, 4) is 11.6 Å². The van der Waals surface area contributed by atoms with E-state index in [1.807, 2.05) is 13.0 Å². The minimum atomic E-state index is 0.486. The van der Waals surface area contributed by atoms with Gasteiger partial charge in [0.05, 0.1) is 11.4 Å². The average molecular weight is 314 g/mol. The molecule has 0 spiro atoms. The summed E-state index contributed by atoms with van der Waals surface area (Å²) in [6, 6.07) is 8.73. The van der Waals surface area contributed by atoms with E-state index < -0.39 is 0 Å². The summed E-state index contributed by atoms with van der Waals surface area (Å²) in [6.45, 7) is 1.89. The summed E-state index contributed by atoms with van der Waals surface area (Å²) in [5, 5.41) is 0.579. The highest BCUT2D eigenvalue weighted by Gasteiger charge is 2.05. The lowest BCUT2D eigenvalue weighted by molar-refractivity contribution is 0.463. The van der Waals surface area contributed by atoms with Crippen LogP contribution in [0.4, 0.5) is 5.69 Å². The van der Waals surface area contributed by atoms with Crippen molar-refractivity contribution >= 4 is 33.2 Å². The van der Waals surface area contributed by atoms with Crippen molar-refractivity contribution in [3.63, 3.8) is 0 Å². The predicted molar refractivity (Wildman–Crippen MR) is 72.6 cm³/mol. The van der Waals surface area contributed by atoms with E-state index in [-0.39, 0.29) is 0 Å². The fourth-order valence-electron chi connectivity index (χ4n) is 1.30. The molecular formula is C12H10BrClN2O. The lowest BCUT2D eigenvalue weighted by atomic mass is 10.3. The number of halogens is 2. The van der Waals surface area contributed by atoms with Gasteiger partial charge in [-0.25, -0.2) is 4.98 Å². The molecule has 0 aliphatic heterocycles. The largest absolute Gasteiger partial charge is 0.437 e. The van der Waals surface area contributed by atoms with Crippen molar-refractivity contribution in [1.29, 1.82) is 0 Å². The smallest absolute Gasteiger partial charge is 0.219 e. The van der Waals surface area contributed by atoms with Crippen LogP contribution in [0, 0.1) is 6.92 Å². The van der Waals surface area contributed by atoms with Crippen LogP contribution in [0.1, 0.15) is 5.69 Å². The number of rotatable bonds is 2. The minimum Gasteiger partial charge on any atom is -0.437 e. The molecule has 2 N–H and O–H groups in total. The van der Waals surface area contributed by atoms with E-state index in [4.69, 9.17) is 22.1 Å². The molecule has 0 fully saturated rings. The van der Waals surface area contributed by atoms with Gasteiger partial charge in [-0.3, -0.25) is 0 Å². The molecule has 0 bridgehead atoms. The van der Waals surface area contributed by atoms with Crippen LogP contribution in [0.2, 0.25) is 5.02 Å². The fourth-order valence-corrected chi connectivity index (χ4v) is 1.70. The molecule has 0 aliphatic carbocycles. The Morgan fingerprint density at radius 2 is 2.06 bits per heavy atom. The summed E-state index contributed by atoms with van der Waals surface area (Å²) in [4.78, 5) is 4.27. The van der Waals surface area contributed by atoms with E-state index in [9.17, 15) is 0 Å².